The van der Waals surface area contributed by atoms with E-state index in [9.17, 15) is 18.0 Å². The molecule has 1 N–H and O–H groups in total. The fourth-order valence-corrected chi connectivity index (χ4v) is 3.91. The van der Waals surface area contributed by atoms with Crippen molar-refractivity contribution in [3.63, 3.8) is 0 Å². The van der Waals surface area contributed by atoms with Crippen LogP contribution in [0.25, 0.3) is 0 Å². The fraction of sp³-hybridized carbons (Fsp3) is 0.444. The molecule has 0 atom stereocenters. The van der Waals surface area contributed by atoms with Gasteiger partial charge in [0.25, 0.3) is 0 Å². The average Bonchev–Trinajstić information content (AvgIpc) is 2.62. The number of likely N-dealkylation sites (N-methyl/N-ethyl adjacent to an activating group) is 1. The maximum atomic E-state index is 11.8. The molecule has 2 rings (SSSR count). The molecule has 0 saturated carbocycles. The Labute approximate surface area is 154 Å². The van der Waals surface area contributed by atoms with E-state index in [1.807, 2.05) is 24.3 Å². The summed E-state index contributed by atoms with van der Waals surface area (Å²) in [6, 6.07) is 7.85. The third-order valence-electron chi connectivity index (χ3n) is 4.29. The smallest absolute Gasteiger partial charge is 0.246 e. The van der Waals surface area contributed by atoms with Crippen LogP contribution in [0, 0.1) is 0 Å². The lowest BCUT2D eigenvalue weighted by Gasteiger charge is -2.26. The van der Waals surface area contributed by atoms with Gasteiger partial charge in [0.1, 0.15) is 0 Å². The van der Waals surface area contributed by atoms with E-state index in [0.29, 0.717) is 19.6 Å². The number of sulfone groups is 1. The molecule has 1 aromatic carbocycles. The molecule has 0 aromatic heterocycles. The first-order chi connectivity index (χ1) is 12.3. The van der Waals surface area contributed by atoms with E-state index in [2.05, 4.69) is 16.8 Å². The molecule has 8 heteroatoms. The molecule has 0 spiro atoms. The molecular formula is C18H25N3O4S. The van der Waals surface area contributed by atoms with Gasteiger partial charge in [-0.2, -0.15) is 0 Å². The third kappa shape index (κ3) is 6.27. The van der Waals surface area contributed by atoms with Gasteiger partial charge in [0, 0.05) is 33.2 Å². The lowest BCUT2D eigenvalue weighted by Crippen LogP contribution is -2.39. The van der Waals surface area contributed by atoms with Crippen LogP contribution in [0.15, 0.2) is 36.9 Å². The van der Waals surface area contributed by atoms with Gasteiger partial charge in [-0.15, -0.1) is 0 Å². The van der Waals surface area contributed by atoms with Crippen LogP contribution in [-0.2, 0) is 32.5 Å². The summed E-state index contributed by atoms with van der Waals surface area (Å²) >= 11 is 0. The predicted octanol–water partition coefficient (Wildman–Crippen LogP) is 0.178. The van der Waals surface area contributed by atoms with Gasteiger partial charge in [-0.05, 0) is 17.2 Å². The number of carbonyl (C=O) groups is 2. The zero-order chi connectivity index (χ0) is 19.2. The minimum absolute atomic E-state index is 0.0131. The van der Waals surface area contributed by atoms with Gasteiger partial charge in [-0.25, -0.2) is 8.42 Å². The lowest BCUT2D eigenvalue weighted by molar-refractivity contribution is -0.131. The van der Waals surface area contributed by atoms with E-state index < -0.39 is 9.84 Å². The first kappa shape index (κ1) is 20.1. The van der Waals surface area contributed by atoms with Crippen molar-refractivity contribution in [1.29, 1.82) is 0 Å². The van der Waals surface area contributed by atoms with Crippen LogP contribution in [-0.4, -0.2) is 68.2 Å². The third-order valence-corrected chi connectivity index (χ3v) is 5.90. The highest BCUT2D eigenvalue weighted by molar-refractivity contribution is 7.91. The van der Waals surface area contributed by atoms with Crippen LogP contribution in [0.5, 0.6) is 0 Å². The number of hydrogen-bond donors (Lipinski definition) is 1. The van der Waals surface area contributed by atoms with Gasteiger partial charge in [-0.1, -0.05) is 30.8 Å². The van der Waals surface area contributed by atoms with Crippen molar-refractivity contribution < 1.29 is 18.0 Å². The topological polar surface area (TPSA) is 86.8 Å². The van der Waals surface area contributed by atoms with Crippen LogP contribution in [0.4, 0.5) is 0 Å². The van der Waals surface area contributed by atoms with E-state index in [0.717, 1.165) is 17.7 Å². The molecule has 1 aromatic rings. The monoisotopic (exact) mass is 379 g/mol. The second-order valence-electron chi connectivity index (χ2n) is 6.42. The van der Waals surface area contributed by atoms with Crippen LogP contribution in [0.3, 0.4) is 0 Å². The molecule has 0 radical (unpaired) electrons. The van der Waals surface area contributed by atoms with E-state index in [1.165, 1.54) is 11.0 Å². The van der Waals surface area contributed by atoms with Gasteiger partial charge in [-0.3, -0.25) is 14.5 Å². The number of hydrogen-bond acceptors (Lipinski definition) is 5. The number of amides is 2. The van der Waals surface area contributed by atoms with Gasteiger partial charge in [0.05, 0.1) is 18.1 Å². The first-order valence-corrected chi connectivity index (χ1v) is 10.3. The number of rotatable bonds is 7. The van der Waals surface area contributed by atoms with E-state index in [1.54, 1.807) is 7.05 Å². The molecule has 0 aliphatic carbocycles. The zero-order valence-electron chi connectivity index (χ0n) is 15.0. The highest BCUT2D eigenvalue weighted by Crippen LogP contribution is 2.11. The van der Waals surface area contributed by atoms with Crippen molar-refractivity contribution in [1.82, 2.24) is 15.1 Å². The summed E-state index contributed by atoms with van der Waals surface area (Å²) in [5.41, 5.74) is 2.07. The average molecular weight is 379 g/mol. The minimum atomic E-state index is -2.86. The normalized spacial score (nSPS) is 16.7. The van der Waals surface area contributed by atoms with Crippen LogP contribution >= 0.6 is 0 Å². The molecule has 1 fully saturated rings. The van der Waals surface area contributed by atoms with E-state index in [-0.39, 0.29) is 29.9 Å². The molecular weight excluding hydrogens is 354 g/mol. The Morgan fingerprint density at radius 1 is 1.19 bits per heavy atom. The Hall–Kier alpha value is -2.19. The Balaban J connectivity index is 1.78. The molecule has 1 heterocycles. The molecule has 2 amide bonds. The lowest BCUT2D eigenvalue weighted by atomic mass is 10.1. The quantitative estimate of drug-likeness (QED) is 0.683. The Kier molecular flexibility index (Phi) is 6.93. The summed E-state index contributed by atoms with van der Waals surface area (Å²) in [5.74, 6) is -0.0869. The van der Waals surface area contributed by atoms with E-state index >= 15 is 0 Å². The molecule has 26 heavy (non-hydrogen) atoms. The minimum Gasteiger partial charge on any atom is -0.350 e. The second-order valence-corrected chi connectivity index (χ2v) is 8.72. The number of nitrogens with one attached hydrogen (secondary N) is 1. The standard InChI is InChI=1S/C18H25N3O4S/c1-3-18(23)20(2)14-17(22)19-12-15-4-6-16(7-5-15)13-21-8-10-26(24,25)11-9-21/h3-7H,1,8-14H2,2H3,(H,19,22). The Morgan fingerprint density at radius 3 is 2.35 bits per heavy atom. The summed E-state index contributed by atoms with van der Waals surface area (Å²) in [4.78, 5) is 26.6. The molecule has 142 valence electrons. The molecule has 7 nitrogen and oxygen atoms in total. The highest BCUT2D eigenvalue weighted by atomic mass is 32.2. The largest absolute Gasteiger partial charge is 0.350 e. The molecule has 1 aliphatic heterocycles. The Morgan fingerprint density at radius 2 is 1.77 bits per heavy atom. The zero-order valence-corrected chi connectivity index (χ0v) is 15.8. The van der Waals surface area contributed by atoms with Crippen molar-refractivity contribution in [2.45, 2.75) is 13.1 Å². The van der Waals surface area contributed by atoms with Crippen molar-refractivity contribution in [3.05, 3.63) is 48.0 Å². The van der Waals surface area contributed by atoms with Crippen molar-refractivity contribution in [2.75, 3.05) is 38.2 Å². The first-order valence-electron chi connectivity index (χ1n) is 8.44. The van der Waals surface area contributed by atoms with Crippen LogP contribution < -0.4 is 5.32 Å². The van der Waals surface area contributed by atoms with Gasteiger partial charge in [0.15, 0.2) is 9.84 Å². The molecule has 1 saturated heterocycles. The highest BCUT2D eigenvalue weighted by Gasteiger charge is 2.21. The van der Waals surface area contributed by atoms with Gasteiger partial charge in [0.2, 0.25) is 11.8 Å². The summed E-state index contributed by atoms with van der Waals surface area (Å²) < 4.78 is 22.9. The molecule has 0 bridgehead atoms. The maximum Gasteiger partial charge on any atom is 0.246 e. The van der Waals surface area contributed by atoms with Crippen molar-refractivity contribution in [3.8, 4) is 0 Å². The summed E-state index contributed by atoms with van der Waals surface area (Å²) in [5, 5.41) is 2.77. The SMILES string of the molecule is C=CC(=O)N(C)CC(=O)NCc1ccc(CN2CCS(=O)(=O)CC2)cc1. The van der Waals surface area contributed by atoms with Gasteiger partial charge < -0.3 is 10.2 Å². The van der Waals surface area contributed by atoms with Crippen molar-refractivity contribution in [2.24, 2.45) is 0 Å². The fourth-order valence-electron chi connectivity index (χ4n) is 2.63. The summed E-state index contributed by atoms with van der Waals surface area (Å²) in [7, 11) is -1.31. The predicted molar refractivity (Wildman–Crippen MR) is 100 cm³/mol. The van der Waals surface area contributed by atoms with Gasteiger partial charge >= 0.3 is 0 Å². The summed E-state index contributed by atoms with van der Waals surface area (Å²) in [6.45, 7) is 5.61. The summed E-state index contributed by atoms with van der Waals surface area (Å²) in [6.07, 6.45) is 1.17. The molecule has 1 aliphatic rings. The van der Waals surface area contributed by atoms with E-state index in [4.69, 9.17) is 0 Å². The second kappa shape index (κ2) is 8.95. The number of benzene rings is 1. The van der Waals surface area contributed by atoms with Crippen LogP contribution in [0.1, 0.15) is 11.1 Å². The number of carbonyl (C=O) groups excluding carboxylic acids is 2. The molecule has 0 unspecified atom stereocenters. The Bertz CT molecular complexity index is 745. The van der Waals surface area contributed by atoms with Crippen LogP contribution in [0.2, 0.25) is 0 Å². The van der Waals surface area contributed by atoms with Crippen molar-refractivity contribution >= 4 is 21.7 Å². The maximum absolute atomic E-state index is 11.8. The number of nitrogens with zero attached hydrogens (tertiary/aromatic N) is 2.